The Labute approximate surface area is 126 Å². The van der Waals surface area contributed by atoms with Gasteiger partial charge in [-0.25, -0.2) is 0 Å². The Morgan fingerprint density at radius 3 is 2.58 bits per heavy atom. The van der Waals surface area contributed by atoms with Gasteiger partial charge in [-0.05, 0) is 30.5 Å². The van der Waals surface area contributed by atoms with Gasteiger partial charge in [0, 0.05) is 30.2 Å². The molecule has 0 bridgehead atoms. The van der Waals surface area contributed by atoms with Gasteiger partial charge < -0.3 is 10.2 Å². The minimum Gasteiger partial charge on any atom is -0.365 e. The zero-order valence-corrected chi connectivity index (χ0v) is 13.5. The smallest absolute Gasteiger partial charge is 0.0640 e. The van der Waals surface area contributed by atoms with E-state index < -0.39 is 0 Å². The standard InChI is InChI=1S/C15H22Cl2N2/c1-10-8-18-14(15(2,3)4)9-19(10)13-7-11(16)5-6-12(13)17/h5-7,10,14,18H,8-9H2,1-4H3. The minimum absolute atomic E-state index is 0.226. The molecule has 0 saturated carbocycles. The molecule has 0 amide bonds. The molecule has 2 atom stereocenters. The van der Waals surface area contributed by atoms with E-state index in [2.05, 4.69) is 37.9 Å². The fraction of sp³-hybridized carbons (Fsp3) is 0.600. The van der Waals surface area contributed by atoms with Crippen LogP contribution in [0.3, 0.4) is 0 Å². The van der Waals surface area contributed by atoms with E-state index in [0.717, 1.165) is 28.8 Å². The number of hydrogen-bond donors (Lipinski definition) is 1. The van der Waals surface area contributed by atoms with E-state index in [1.807, 2.05) is 18.2 Å². The summed E-state index contributed by atoms with van der Waals surface area (Å²) in [7, 11) is 0. The first-order valence-corrected chi connectivity index (χ1v) is 7.49. The van der Waals surface area contributed by atoms with Crippen LogP contribution in [0.25, 0.3) is 0 Å². The second-order valence-electron chi connectivity index (χ2n) is 6.42. The normalized spacial score (nSPS) is 24.6. The van der Waals surface area contributed by atoms with Gasteiger partial charge in [0.15, 0.2) is 0 Å². The minimum atomic E-state index is 0.226. The first kappa shape index (κ1) is 15.0. The second-order valence-corrected chi connectivity index (χ2v) is 7.27. The SMILES string of the molecule is CC1CNC(C(C)(C)C)CN1c1cc(Cl)ccc1Cl. The van der Waals surface area contributed by atoms with E-state index in [9.17, 15) is 0 Å². The molecule has 0 radical (unpaired) electrons. The largest absolute Gasteiger partial charge is 0.365 e. The van der Waals surface area contributed by atoms with E-state index in [-0.39, 0.29) is 5.41 Å². The first-order chi connectivity index (χ1) is 8.79. The van der Waals surface area contributed by atoms with Crippen molar-refractivity contribution in [2.75, 3.05) is 18.0 Å². The number of rotatable bonds is 1. The van der Waals surface area contributed by atoms with Gasteiger partial charge in [0.1, 0.15) is 0 Å². The van der Waals surface area contributed by atoms with Gasteiger partial charge in [-0.15, -0.1) is 0 Å². The highest BCUT2D eigenvalue weighted by Gasteiger charge is 2.33. The maximum absolute atomic E-state index is 6.34. The fourth-order valence-corrected chi connectivity index (χ4v) is 2.88. The van der Waals surface area contributed by atoms with Gasteiger partial charge in [0.25, 0.3) is 0 Å². The van der Waals surface area contributed by atoms with Crippen LogP contribution in [0.2, 0.25) is 10.0 Å². The fourth-order valence-electron chi connectivity index (χ4n) is 2.49. The highest BCUT2D eigenvalue weighted by molar-refractivity contribution is 6.35. The van der Waals surface area contributed by atoms with Gasteiger partial charge in [-0.3, -0.25) is 0 Å². The van der Waals surface area contributed by atoms with E-state index in [4.69, 9.17) is 23.2 Å². The van der Waals surface area contributed by atoms with Crippen molar-refractivity contribution < 1.29 is 0 Å². The second kappa shape index (κ2) is 5.51. The summed E-state index contributed by atoms with van der Waals surface area (Å²) in [5.41, 5.74) is 1.26. The Morgan fingerprint density at radius 1 is 1.26 bits per heavy atom. The summed E-state index contributed by atoms with van der Waals surface area (Å²) in [5, 5.41) is 5.13. The molecule has 1 saturated heterocycles. The molecule has 0 spiro atoms. The van der Waals surface area contributed by atoms with Crippen molar-refractivity contribution in [3.8, 4) is 0 Å². The molecular formula is C15H22Cl2N2. The average molecular weight is 301 g/mol. The Bertz CT molecular complexity index is 454. The highest BCUT2D eigenvalue weighted by Crippen LogP contribution is 2.33. The lowest BCUT2D eigenvalue weighted by Gasteiger charge is -2.45. The van der Waals surface area contributed by atoms with E-state index in [1.54, 1.807) is 0 Å². The van der Waals surface area contributed by atoms with Crippen LogP contribution in [0.1, 0.15) is 27.7 Å². The zero-order valence-electron chi connectivity index (χ0n) is 12.0. The summed E-state index contributed by atoms with van der Waals surface area (Å²) in [6, 6.07) is 6.53. The Kier molecular flexibility index (Phi) is 4.34. The third-order valence-electron chi connectivity index (χ3n) is 3.83. The van der Waals surface area contributed by atoms with Gasteiger partial charge in [-0.2, -0.15) is 0 Å². The van der Waals surface area contributed by atoms with Gasteiger partial charge in [-0.1, -0.05) is 44.0 Å². The summed E-state index contributed by atoms with van der Waals surface area (Å²) in [5.74, 6) is 0. The van der Waals surface area contributed by atoms with E-state index in [1.165, 1.54) is 0 Å². The maximum Gasteiger partial charge on any atom is 0.0640 e. The molecule has 1 aromatic carbocycles. The molecule has 1 aliphatic heterocycles. The van der Waals surface area contributed by atoms with Crippen LogP contribution in [-0.2, 0) is 0 Å². The molecule has 4 heteroatoms. The number of nitrogens with zero attached hydrogens (tertiary/aromatic N) is 1. The Hall–Kier alpha value is -0.440. The van der Waals surface area contributed by atoms with E-state index >= 15 is 0 Å². The number of anilines is 1. The lowest BCUT2D eigenvalue weighted by molar-refractivity contribution is 0.239. The Balaban J connectivity index is 2.28. The Morgan fingerprint density at radius 2 is 1.95 bits per heavy atom. The van der Waals surface area contributed by atoms with Crippen molar-refractivity contribution in [2.24, 2.45) is 5.41 Å². The number of hydrogen-bond acceptors (Lipinski definition) is 2. The van der Waals surface area contributed by atoms with Gasteiger partial charge >= 0.3 is 0 Å². The number of benzene rings is 1. The number of halogens is 2. The van der Waals surface area contributed by atoms with Crippen LogP contribution in [0.15, 0.2) is 18.2 Å². The molecule has 0 aliphatic carbocycles. The summed E-state index contributed by atoms with van der Waals surface area (Å²) in [6.07, 6.45) is 0. The molecule has 106 valence electrons. The molecule has 1 N–H and O–H groups in total. The van der Waals surface area contributed by atoms with Crippen LogP contribution < -0.4 is 10.2 Å². The summed E-state index contributed by atoms with van der Waals surface area (Å²) in [6.45, 7) is 10.9. The van der Waals surface area contributed by atoms with Crippen molar-refractivity contribution in [1.29, 1.82) is 0 Å². The van der Waals surface area contributed by atoms with Crippen molar-refractivity contribution >= 4 is 28.9 Å². The zero-order chi connectivity index (χ0) is 14.2. The highest BCUT2D eigenvalue weighted by atomic mass is 35.5. The van der Waals surface area contributed by atoms with Crippen molar-refractivity contribution in [1.82, 2.24) is 5.32 Å². The molecule has 2 nitrogen and oxygen atoms in total. The van der Waals surface area contributed by atoms with Crippen LogP contribution in [-0.4, -0.2) is 25.2 Å². The van der Waals surface area contributed by atoms with Crippen LogP contribution >= 0.6 is 23.2 Å². The van der Waals surface area contributed by atoms with Gasteiger partial charge in [0.05, 0.1) is 10.7 Å². The lowest BCUT2D eigenvalue weighted by Crippen LogP contribution is -2.59. The van der Waals surface area contributed by atoms with Crippen LogP contribution in [0.5, 0.6) is 0 Å². The molecule has 2 unspecified atom stereocenters. The molecular weight excluding hydrogens is 279 g/mol. The van der Waals surface area contributed by atoms with Crippen molar-refractivity contribution in [3.63, 3.8) is 0 Å². The molecule has 0 aromatic heterocycles. The molecule has 2 rings (SSSR count). The summed E-state index contributed by atoms with van der Waals surface area (Å²) in [4.78, 5) is 2.36. The lowest BCUT2D eigenvalue weighted by atomic mass is 9.84. The molecule has 1 aromatic rings. The monoisotopic (exact) mass is 300 g/mol. The molecule has 1 fully saturated rings. The third-order valence-corrected chi connectivity index (χ3v) is 4.39. The summed E-state index contributed by atoms with van der Waals surface area (Å²) < 4.78 is 0. The average Bonchev–Trinajstić information content (AvgIpc) is 2.32. The van der Waals surface area contributed by atoms with Crippen molar-refractivity contribution in [3.05, 3.63) is 28.2 Å². The van der Waals surface area contributed by atoms with Crippen molar-refractivity contribution in [2.45, 2.75) is 39.8 Å². The maximum atomic E-state index is 6.34. The quantitative estimate of drug-likeness (QED) is 0.836. The number of piperazine rings is 1. The number of nitrogens with one attached hydrogen (secondary N) is 1. The van der Waals surface area contributed by atoms with E-state index in [0.29, 0.717) is 12.1 Å². The van der Waals surface area contributed by atoms with Crippen LogP contribution in [0.4, 0.5) is 5.69 Å². The predicted molar refractivity (Wildman–Crippen MR) is 84.5 cm³/mol. The van der Waals surface area contributed by atoms with Gasteiger partial charge in [0.2, 0.25) is 0 Å². The summed E-state index contributed by atoms with van der Waals surface area (Å²) >= 11 is 12.4. The molecule has 19 heavy (non-hydrogen) atoms. The van der Waals surface area contributed by atoms with Crippen LogP contribution in [0, 0.1) is 5.41 Å². The third kappa shape index (κ3) is 3.36. The first-order valence-electron chi connectivity index (χ1n) is 6.74. The molecule has 1 aliphatic rings. The molecule has 1 heterocycles. The topological polar surface area (TPSA) is 15.3 Å². The predicted octanol–water partition coefficient (Wildman–Crippen LogP) is 4.21.